The lowest BCUT2D eigenvalue weighted by Crippen LogP contribution is -2.30. The number of aliphatic hydroxyl groups is 1. The molecule has 2 aliphatic carbocycles. The molecule has 0 unspecified atom stereocenters. The Labute approximate surface area is 66.6 Å². The zero-order valence-electron chi connectivity index (χ0n) is 6.62. The average molecular weight is 154 g/mol. The predicted molar refractivity (Wildman–Crippen MR) is 41.1 cm³/mol. The minimum absolute atomic E-state index is 0.180. The Morgan fingerprint density at radius 2 is 2.09 bits per heavy atom. The summed E-state index contributed by atoms with van der Waals surface area (Å²) < 4.78 is 0. The lowest BCUT2D eigenvalue weighted by Gasteiger charge is -2.28. The average Bonchev–Trinajstić information content (AvgIpc) is 2.35. The van der Waals surface area contributed by atoms with Gasteiger partial charge in [-0.3, -0.25) is 4.79 Å². The molecule has 0 aromatic heterocycles. The summed E-state index contributed by atoms with van der Waals surface area (Å²) in [5.74, 6) is 0.934. The van der Waals surface area contributed by atoms with Crippen LogP contribution in [0.25, 0.3) is 0 Å². The second-order valence-corrected chi connectivity index (χ2v) is 3.77. The van der Waals surface area contributed by atoms with E-state index in [4.69, 9.17) is 0 Å². The maximum atomic E-state index is 11.2. The summed E-state index contributed by atoms with van der Waals surface area (Å²) in [5, 5.41) is 9.54. The number of fused-ring (bicyclic) bond motifs is 1. The zero-order valence-corrected chi connectivity index (χ0v) is 6.62. The summed E-state index contributed by atoms with van der Waals surface area (Å²) in [6, 6.07) is 0. The van der Waals surface area contributed by atoms with Gasteiger partial charge in [0, 0.05) is 12.3 Å². The molecule has 2 rings (SSSR count). The van der Waals surface area contributed by atoms with Gasteiger partial charge in [0.15, 0.2) is 0 Å². The highest BCUT2D eigenvalue weighted by Gasteiger charge is 2.40. The third-order valence-electron chi connectivity index (χ3n) is 3.16. The van der Waals surface area contributed by atoms with E-state index in [-0.39, 0.29) is 12.0 Å². The summed E-state index contributed by atoms with van der Waals surface area (Å²) in [6.45, 7) is 0. The Balaban J connectivity index is 2.12. The number of ketones is 1. The number of rotatable bonds is 0. The fourth-order valence-corrected chi connectivity index (χ4v) is 2.53. The monoisotopic (exact) mass is 154 g/mol. The van der Waals surface area contributed by atoms with Crippen molar-refractivity contribution in [3.8, 4) is 0 Å². The van der Waals surface area contributed by atoms with Crippen LogP contribution in [0.4, 0.5) is 0 Å². The number of Topliss-reactive ketones (excluding diaryl/α,β-unsaturated/α-hetero) is 1. The summed E-state index contributed by atoms with van der Waals surface area (Å²) in [7, 11) is 0. The van der Waals surface area contributed by atoms with Gasteiger partial charge in [-0.05, 0) is 25.2 Å². The largest absolute Gasteiger partial charge is 0.393 e. The molecule has 0 radical (unpaired) electrons. The first-order valence-electron chi connectivity index (χ1n) is 4.50. The summed E-state index contributed by atoms with van der Waals surface area (Å²) in [5.41, 5.74) is 0. The molecule has 11 heavy (non-hydrogen) atoms. The number of hydrogen-bond donors (Lipinski definition) is 1. The van der Waals surface area contributed by atoms with Gasteiger partial charge in [-0.25, -0.2) is 0 Å². The lowest BCUT2D eigenvalue weighted by atomic mass is 9.79. The van der Waals surface area contributed by atoms with Crippen LogP contribution in [0.5, 0.6) is 0 Å². The summed E-state index contributed by atoms with van der Waals surface area (Å²) in [4.78, 5) is 11.2. The Morgan fingerprint density at radius 3 is 2.82 bits per heavy atom. The predicted octanol–water partition coefficient (Wildman–Crippen LogP) is 1.13. The molecule has 0 aromatic rings. The van der Waals surface area contributed by atoms with Crippen molar-refractivity contribution in [2.75, 3.05) is 0 Å². The first kappa shape index (κ1) is 7.29. The zero-order chi connectivity index (χ0) is 7.84. The molecule has 2 fully saturated rings. The van der Waals surface area contributed by atoms with Crippen LogP contribution in [0, 0.1) is 11.8 Å². The van der Waals surface area contributed by atoms with Crippen LogP contribution < -0.4 is 0 Å². The highest BCUT2D eigenvalue weighted by Crippen LogP contribution is 2.39. The molecule has 0 bridgehead atoms. The van der Waals surface area contributed by atoms with Gasteiger partial charge < -0.3 is 5.11 Å². The minimum atomic E-state index is -0.180. The molecule has 2 aliphatic rings. The lowest BCUT2D eigenvalue weighted by molar-refractivity contribution is -0.123. The van der Waals surface area contributed by atoms with Crippen molar-refractivity contribution < 1.29 is 9.90 Å². The van der Waals surface area contributed by atoms with Crippen LogP contribution >= 0.6 is 0 Å². The summed E-state index contributed by atoms with van der Waals surface area (Å²) >= 11 is 0. The van der Waals surface area contributed by atoms with E-state index in [1.54, 1.807) is 0 Å². The highest BCUT2D eigenvalue weighted by molar-refractivity contribution is 5.83. The van der Waals surface area contributed by atoms with Crippen LogP contribution in [0.3, 0.4) is 0 Å². The van der Waals surface area contributed by atoms with Gasteiger partial charge in [0.1, 0.15) is 5.78 Å². The SMILES string of the molecule is O=C1CC[C@H]2[C@H](O)CCC[C@@H]12. The second-order valence-electron chi connectivity index (χ2n) is 3.77. The fourth-order valence-electron chi connectivity index (χ4n) is 2.53. The van der Waals surface area contributed by atoms with Crippen molar-refractivity contribution >= 4 is 5.78 Å². The quantitative estimate of drug-likeness (QED) is 0.568. The van der Waals surface area contributed by atoms with Crippen molar-refractivity contribution in [1.29, 1.82) is 0 Å². The van der Waals surface area contributed by atoms with E-state index in [2.05, 4.69) is 0 Å². The van der Waals surface area contributed by atoms with Gasteiger partial charge in [0.05, 0.1) is 6.10 Å². The molecule has 0 aliphatic heterocycles. The maximum Gasteiger partial charge on any atom is 0.136 e. The van der Waals surface area contributed by atoms with Crippen molar-refractivity contribution in [2.24, 2.45) is 11.8 Å². The van der Waals surface area contributed by atoms with Gasteiger partial charge in [0.25, 0.3) is 0 Å². The van der Waals surface area contributed by atoms with Gasteiger partial charge in [-0.1, -0.05) is 6.42 Å². The molecule has 3 atom stereocenters. The molecule has 0 amide bonds. The molecular weight excluding hydrogens is 140 g/mol. The van der Waals surface area contributed by atoms with E-state index in [0.717, 1.165) is 25.7 Å². The fraction of sp³-hybridized carbons (Fsp3) is 0.889. The normalized spacial score (nSPS) is 44.1. The molecule has 62 valence electrons. The first-order valence-corrected chi connectivity index (χ1v) is 4.50. The minimum Gasteiger partial charge on any atom is -0.393 e. The Kier molecular flexibility index (Phi) is 1.72. The maximum absolute atomic E-state index is 11.2. The molecule has 0 spiro atoms. The van der Waals surface area contributed by atoms with E-state index >= 15 is 0 Å². The van der Waals surface area contributed by atoms with Gasteiger partial charge in [-0.2, -0.15) is 0 Å². The van der Waals surface area contributed by atoms with Crippen LogP contribution in [-0.4, -0.2) is 17.0 Å². The Hall–Kier alpha value is -0.370. The molecule has 2 nitrogen and oxygen atoms in total. The van der Waals surface area contributed by atoms with Gasteiger partial charge >= 0.3 is 0 Å². The smallest absolute Gasteiger partial charge is 0.136 e. The van der Waals surface area contributed by atoms with Crippen LogP contribution in [0.1, 0.15) is 32.1 Å². The van der Waals surface area contributed by atoms with Crippen LogP contribution in [-0.2, 0) is 4.79 Å². The molecule has 1 N–H and O–H groups in total. The topological polar surface area (TPSA) is 37.3 Å². The molecule has 0 aromatic carbocycles. The third kappa shape index (κ3) is 1.09. The molecule has 0 saturated heterocycles. The van der Waals surface area contributed by atoms with Gasteiger partial charge in [-0.15, -0.1) is 0 Å². The molecule has 2 heteroatoms. The van der Waals surface area contributed by atoms with Crippen molar-refractivity contribution in [3.63, 3.8) is 0 Å². The summed E-state index contributed by atoms with van der Waals surface area (Å²) in [6.07, 6.45) is 4.44. The van der Waals surface area contributed by atoms with Crippen LogP contribution in [0.15, 0.2) is 0 Å². The molecule has 0 heterocycles. The van der Waals surface area contributed by atoms with E-state index in [1.165, 1.54) is 0 Å². The second kappa shape index (κ2) is 2.59. The number of carbonyl (C=O) groups excluding carboxylic acids is 1. The number of aliphatic hydroxyl groups excluding tert-OH is 1. The Morgan fingerprint density at radius 1 is 1.27 bits per heavy atom. The van der Waals surface area contributed by atoms with E-state index in [0.29, 0.717) is 18.1 Å². The Bertz CT molecular complexity index is 176. The van der Waals surface area contributed by atoms with Crippen LogP contribution in [0.2, 0.25) is 0 Å². The van der Waals surface area contributed by atoms with Crippen molar-refractivity contribution in [3.05, 3.63) is 0 Å². The standard InChI is InChI=1S/C9H14O2/c10-8-3-1-2-6-7(8)4-5-9(6)11/h6-8,10H,1-5H2/t6-,7-,8-/m1/s1. The van der Waals surface area contributed by atoms with E-state index in [9.17, 15) is 9.90 Å². The van der Waals surface area contributed by atoms with E-state index in [1.807, 2.05) is 0 Å². The number of hydrogen-bond acceptors (Lipinski definition) is 2. The molecular formula is C9H14O2. The highest BCUT2D eigenvalue weighted by atomic mass is 16.3. The van der Waals surface area contributed by atoms with Gasteiger partial charge in [0.2, 0.25) is 0 Å². The third-order valence-corrected chi connectivity index (χ3v) is 3.16. The first-order chi connectivity index (χ1) is 5.29. The number of carbonyl (C=O) groups is 1. The van der Waals surface area contributed by atoms with E-state index < -0.39 is 0 Å². The molecule has 2 saturated carbocycles. The van der Waals surface area contributed by atoms with Crippen molar-refractivity contribution in [2.45, 2.75) is 38.2 Å². The van der Waals surface area contributed by atoms with Crippen molar-refractivity contribution in [1.82, 2.24) is 0 Å².